The van der Waals surface area contributed by atoms with Gasteiger partial charge < -0.3 is 4.90 Å². The molecule has 1 N–H and O–H groups in total. The van der Waals surface area contributed by atoms with Crippen LogP contribution in [0.5, 0.6) is 0 Å². The summed E-state index contributed by atoms with van der Waals surface area (Å²) in [6, 6.07) is 18.8. The fraction of sp³-hybridized carbons (Fsp3) is 0.300. The highest BCUT2D eigenvalue weighted by atomic mass is 32.2. The molecule has 0 spiro atoms. The van der Waals surface area contributed by atoms with Gasteiger partial charge in [-0.15, -0.1) is 11.8 Å². The van der Waals surface area contributed by atoms with E-state index in [1.807, 2.05) is 30.0 Å². The maximum absolute atomic E-state index is 11.6. The molecule has 1 unspecified atom stereocenters. The van der Waals surface area contributed by atoms with Crippen molar-refractivity contribution in [3.8, 4) is 0 Å². The molecule has 0 saturated carbocycles. The maximum Gasteiger partial charge on any atom is 0.286 e. The van der Waals surface area contributed by atoms with Crippen LogP contribution in [0.25, 0.3) is 0 Å². The van der Waals surface area contributed by atoms with Crippen molar-refractivity contribution in [3.63, 3.8) is 0 Å². The summed E-state index contributed by atoms with van der Waals surface area (Å²) >= 11 is 2.91. The van der Waals surface area contributed by atoms with Crippen LogP contribution in [0.1, 0.15) is 11.1 Å². The van der Waals surface area contributed by atoms with Crippen molar-refractivity contribution >= 4 is 34.7 Å². The average Bonchev–Trinajstić information content (AvgIpc) is 2.94. The molecule has 0 aromatic heterocycles. The third-order valence-corrected chi connectivity index (χ3v) is 6.12. The highest BCUT2D eigenvalue weighted by Crippen LogP contribution is 2.24. The van der Waals surface area contributed by atoms with E-state index in [4.69, 9.17) is 0 Å². The first-order valence-corrected chi connectivity index (χ1v) is 10.4. The van der Waals surface area contributed by atoms with E-state index in [0.717, 1.165) is 36.2 Å². The second-order valence-electron chi connectivity index (χ2n) is 6.30. The molecular weight excluding hydrogens is 364 g/mol. The molecule has 4 nitrogen and oxygen atoms in total. The molecule has 1 aliphatic heterocycles. The number of hydrogen-bond donors (Lipinski definition) is 1. The lowest BCUT2D eigenvalue weighted by molar-refractivity contribution is -0.118. The van der Waals surface area contributed by atoms with Crippen molar-refractivity contribution < 1.29 is 9.59 Å². The maximum atomic E-state index is 11.6. The van der Waals surface area contributed by atoms with Crippen molar-refractivity contribution in [2.24, 2.45) is 0 Å². The van der Waals surface area contributed by atoms with Crippen LogP contribution < -0.4 is 5.32 Å². The molecule has 6 heteroatoms. The highest BCUT2D eigenvalue weighted by Gasteiger charge is 2.31. The molecule has 2 aromatic carbocycles. The minimum atomic E-state index is -0.298. The van der Waals surface area contributed by atoms with Crippen molar-refractivity contribution in [3.05, 3.63) is 65.7 Å². The fourth-order valence-corrected chi connectivity index (χ4v) is 4.58. The number of hydrogen-bond acceptors (Lipinski definition) is 5. The molecule has 2 aromatic rings. The Morgan fingerprint density at radius 2 is 1.77 bits per heavy atom. The minimum Gasteiger partial charge on any atom is -0.301 e. The lowest BCUT2D eigenvalue weighted by Gasteiger charge is -2.16. The molecule has 3 rings (SSSR count). The zero-order valence-corrected chi connectivity index (χ0v) is 16.3. The first kappa shape index (κ1) is 19.0. The van der Waals surface area contributed by atoms with Gasteiger partial charge in [-0.3, -0.25) is 14.9 Å². The zero-order chi connectivity index (χ0) is 18.4. The summed E-state index contributed by atoms with van der Waals surface area (Å²) in [7, 11) is 2.14. The Labute approximate surface area is 162 Å². The van der Waals surface area contributed by atoms with Gasteiger partial charge in [0.25, 0.3) is 5.24 Å². The van der Waals surface area contributed by atoms with Crippen LogP contribution in [0, 0.1) is 0 Å². The highest BCUT2D eigenvalue weighted by molar-refractivity contribution is 8.15. The number of carbonyl (C=O) groups is 2. The lowest BCUT2D eigenvalue weighted by Crippen LogP contribution is -2.25. The Hall–Kier alpha value is -1.76. The third-order valence-electron chi connectivity index (χ3n) is 4.15. The topological polar surface area (TPSA) is 49.4 Å². The molecule has 136 valence electrons. The van der Waals surface area contributed by atoms with Crippen molar-refractivity contribution in [1.82, 2.24) is 10.2 Å². The first-order chi connectivity index (χ1) is 12.6. The van der Waals surface area contributed by atoms with Gasteiger partial charge >= 0.3 is 0 Å². The van der Waals surface area contributed by atoms with E-state index in [1.165, 1.54) is 10.5 Å². The molecule has 1 heterocycles. The summed E-state index contributed by atoms with van der Waals surface area (Å²) in [6.45, 7) is 1.97. The quantitative estimate of drug-likeness (QED) is 0.699. The lowest BCUT2D eigenvalue weighted by atomic mass is 10.1. The van der Waals surface area contributed by atoms with Gasteiger partial charge in [-0.25, -0.2) is 0 Å². The van der Waals surface area contributed by atoms with E-state index in [2.05, 4.69) is 53.7 Å². The number of nitrogens with zero attached hydrogens (tertiary/aromatic N) is 1. The van der Waals surface area contributed by atoms with Crippen molar-refractivity contribution in [1.29, 1.82) is 0 Å². The Morgan fingerprint density at radius 3 is 2.42 bits per heavy atom. The molecule has 0 bridgehead atoms. The van der Waals surface area contributed by atoms with Gasteiger partial charge in [0.1, 0.15) is 0 Å². The molecule has 2 amide bonds. The van der Waals surface area contributed by atoms with E-state index < -0.39 is 0 Å². The van der Waals surface area contributed by atoms with Crippen LogP contribution in [0.3, 0.4) is 0 Å². The van der Waals surface area contributed by atoms with Crippen LogP contribution in [-0.4, -0.2) is 40.6 Å². The predicted octanol–water partition coefficient (Wildman–Crippen LogP) is 3.80. The number of carbonyl (C=O) groups excluding carboxylic acids is 2. The van der Waals surface area contributed by atoms with Gasteiger partial charge in [-0.1, -0.05) is 54.2 Å². The zero-order valence-electron chi connectivity index (χ0n) is 14.7. The van der Waals surface area contributed by atoms with Crippen LogP contribution >= 0.6 is 23.5 Å². The minimum absolute atomic E-state index is 0.181. The molecule has 1 fully saturated rings. The molecule has 0 aliphatic carbocycles. The summed E-state index contributed by atoms with van der Waals surface area (Å²) in [5.74, 6) is 0.845. The Balaban J connectivity index is 1.41. The normalized spacial score (nSPS) is 16.9. The number of thioether (sulfide) groups is 2. The average molecular weight is 387 g/mol. The van der Waals surface area contributed by atoms with E-state index in [1.54, 1.807) is 0 Å². The van der Waals surface area contributed by atoms with Crippen molar-refractivity contribution in [2.75, 3.05) is 19.3 Å². The molecule has 26 heavy (non-hydrogen) atoms. The molecule has 1 atom stereocenters. The Kier molecular flexibility index (Phi) is 6.77. The van der Waals surface area contributed by atoms with E-state index >= 15 is 0 Å². The molecule has 1 aliphatic rings. The largest absolute Gasteiger partial charge is 0.301 e. The Morgan fingerprint density at radius 1 is 1.04 bits per heavy atom. The van der Waals surface area contributed by atoms with Gasteiger partial charge in [0.15, 0.2) is 0 Å². The van der Waals surface area contributed by atoms with Gasteiger partial charge in [0, 0.05) is 23.7 Å². The third kappa shape index (κ3) is 5.62. The summed E-state index contributed by atoms with van der Waals surface area (Å²) in [4.78, 5) is 26.4. The van der Waals surface area contributed by atoms with Gasteiger partial charge in [-0.2, -0.15) is 0 Å². The number of imide groups is 1. The van der Waals surface area contributed by atoms with Crippen molar-refractivity contribution in [2.45, 2.75) is 23.1 Å². The summed E-state index contributed by atoms with van der Waals surface area (Å²) in [6.07, 6.45) is 0.590. The van der Waals surface area contributed by atoms with E-state index in [0.29, 0.717) is 6.42 Å². The molecule has 1 saturated heterocycles. The second kappa shape index (κ2) is 9.26. The first-order valence-electron chi connectivity index (χ1n) is 8.56. The van der Waals surface area contributed by atoms with Gasteiger partial charge in [0.05, 0.1) is 5.25 Å². The second-order valence-corrected chi connectivity index (χ2v) is 8.65. The number of benzene rings is 2. The predicted molar refractivity (Wildman–Crippen MR) is 109 cm³/mol. The standard InChI is InChI=1S/C20H22N2O2S2/c1-22(14-16-5-3-2-4-6-16)11-12-25-17-9-7-15(8-10-17)13-18-19(23)21-20(24)26-18/h2-10,18H,11-14H2,1H3,(H,21,23,24). The summed E-state index contributed by atoms with van der Waals surface area (Å²) in [5, 5.41) is 1.79. The molecular formula is C20H22N2O2S2. The van der Waals surface area contributed by atoms with Crippen LogP contribution in [0.4, 0.5) is 4.79 Å². The number of rotatable bonds is 8. The van der Waals surface area contributed by atoms with E-state index in [9.17, 15) is 9.59 Å². The van der Waals surface area contributed by atoms with Crippen LogP contribution in [0.2, 0.25) is 0 Å². The van der Waals surface area contributed by atoms with E-state index in [-0.39, 0.29) is 16.4 Å². The summed E-state index contributed by atoms with van der Waals surface area (Å²) in [5.41, 5.74) is 2.41. The SMILES string of the molecule is CN(CCSc1ccc(CC2SC(=O)NC2=O)cc1)Cc1ccccc1. The fourth-order valence-electron chi connectivity index (χ4n) is 2.76. The number of nitrogens with one attached hydrogen (secondary N) is 1. The van der Waals surface area contributed by atoms with Gasteiger partial charge in [0.2, 0.25) is 5.91 Å². The number of amides is 2. The smallest absolute Gasteiger partial charge is 0.286 e. The Bertz CT molecular complexity index is 750. The molecule has 0 radical (unpaired) electrons. The monoisotopic (exact) mass is 386 g/mol. The van der Waals surface area contributed by atoms with Gasteiger partial charge in [-0.05, 0) is 36.7 Å². The van der Waals surface area contributed by atoms with Crippen LogP contribution in [-0.2, 0) is 17.8 Å². The summed E-state index contributed by atoms with van der Waals surface area (Å²) < 4.78 is 0. The van der Waals surface area contributed by atoms with Crippen LogP contribution in [0.15, 0.2) is 59.5 Å².